The lowest BCUT2D eigenvalue weighted by atomic mass is 10.1. The number of aromatic hydroxyl groups is 2. The predicted octanol–water partition coefficient (Wildman–Crippen LogP) is 4.25. The fourth-order valence-corrected chi connectivity index (χ4v) is 2.78. The number of benzene rings is 3. The molecule has 4 aromatic rings. The Labute approximate surface area is 143 Å². The van der Waals surface area contributed by atoms with Crippen LogP contribution in [-0.4, -0.2) is 21.4 Å². The van der Waals surface area contributed by atoms with Crippen LogP contribution in [0, 0.1) is 0 Å². The van der Waals surface area contributed by atoms with Crippen LogP contribution >= 0.6 is 0 Å². The molecule has 0 saturated carbocycles. The Morgan fingerprint density at radius 3 is 2.32 bits per heavy atom. The van der Waals surface area contributed by atoms with Gasteiger partial charge in [-0.15, -0.1) is 0 Å². The van der Waals surface area contributed by atoms with Crippen LogP contribution in [0.2, 0.25) is 0 Å². The Balaban J connectivity index is 1.73. The summed E-state index contributed by atoms with van der Waals surface area (Å²) in [5.41, 5.74) is 4.53. The number of pyridine rings is 1. The van der Waals surface area contributed by atoms with E-state index in [-0.39, 0.29) is 11.5 Å². The van der Waals surface area contributed by atoms with Gasteiger partial charge < -0.3 is 10.2 Å². The van der Waals surface area contributed by atoms with E-state index < -0.39 is 0 Å². The zero-order valence-electron chi connectivity index (χ0n) is 13.2. The molecule has 0 bridgehead atoms. The van der Waals surface area contributed by atoms with Gasteiger partial charge in [-0.25, -0.2) is 4.98 Å². The van der Waals surface area contributed by atoms with E-state index in [1.807, 2.05) is 36.4 Å². The third-order valence-corrected chi connectivity index (χ3v) is 3.99. The van der Waals surface area contributed by atoms with E-state index in [2.05, 4.69) is 27.6 Å². The zero-order valence-corrected chi connectivity index (χ0v) is 13.2. The number of rotatable bonds is 3. The highest BCUT2D eigenvalue weighted by Gasteiger charge is 2.06. The molecule has 5 heteroatoms. The van der Waals surface area contributed by atoms with Gasteiger partial charge in [0.05, 0.1) is 11.7 Å². The van der Waals surface area contributed by atoms with Crippen molar-refractivity contribution >= 4 is 33.7 Å². The van der Waals surface area contributed by atoms with E-state index in [0.717, 1.165) is 21.7 Å². The fraction of sp³-hybridized carbons (Fsp3) is 0. The van der Waals surface area contributed by atoms with Crippen LogP contribution in [0.4, 0.5) is 5.82 Å². The molecule has 1 aromatic heterocycles. The Kier molecular flexibility index (Phi) is 3.67. The third kappa shape index (κ3) is 2.83. The highest BCUT2D eigenvalue weighted by molar-refractivity contribution is 6.10. The van der Waals surface area contributed by atoms with Gasteiger partial charge in [0.25, 0.3) is 0 Å². The summed E-state index contributed by atoms with van der Waals surface area (Å²) in [5.74, 6) is 0.319. The van der Waals surface area contributed by atoms with Crippen molar-refractivity contribution in [3.63, 3.8) is 0 Å². The molecule has 4 rings (SSSR count). The number of para-hydroxylation sites is 1. The van der Waals surface area contributed by atoms with Crippen molar-refractivity contribution in [3.05, 3.63) is 72.3 Å². The molecular formula is C20H15N3O2. The first kappa shape index (κ1) is 15.0. The third-order valence-electron chi connectivity index (χ3n) is 3.99. The first-order valence-electron chi connectivity index (χ1n) is 7.81. The molecular weight excluding hydrogens is 314 g/mol. The highest BCUT2D eigenvalue weighted by Crippen LogP contribution is 2.29. The van der Waals surface area contributed by atoms with E-state index in [0.29, 0.717) is 11.4 Å². The number of hydrazone groups is 1. The minimum Gasteiger partial charge on any atom is -0.504 e. The Morgan fingerprint density at radius 2 is 1.52 bits per heavy atom. The number of nitrogens with zero attached hydrogens (tertiary/aromatic N) is 2. The van der Waals surface area contributed by atoms with Crippen molar-refractivity contribution in [2.45, 2.75) is 0 Å². The molecule has 0 aliphatic carbocycles. The quantitative estimate of drug-likeness (QED) is 0.227. The number of aromatic nitrogens is 1. The number of phenols is 2. The molecule has 1 heterocycles. The van der Waals surface area contributed by atoms with E-state index in [9.17, 15) is 10.2 Å². The van der Waals surface area contributed by atoms with Gasteiger partial charge in [0.1, 0.15) is 0 Å². The summed E-state index contributed by atoms with van der Waals surface area (Å²) >= 11 is 0. The monoisotopic (exact) mass is 329 g/mol. The Bertz CT molecular complexity index is 1110. The van der Waals surface area contributed by atoms with Crippen LogP contribution in [0.1, 0.15) is 5.56 Å². The summed E-state index contributed by atoms with van der Waals surface area (Å²) in [6.45, 7) is 0. The standard InChI is InChI=1S/C20H15N3O2/c24-18-10-9-13(11-19(18)25)12-21-23-20-16-7-2-1-5-14(16)15-6-3-4-8-17(15)22-20/h1-12,24-25H,(H,22,23). The predicted molar refractivity (Wildman–Crippen MR) is 100 cm³/mol. The largest absolute Gasteiger partial charge is 0.504 e. The molecule has 0 saturated heterocycles. The summed E-state index contributed by atoms with van der Waals surface area (Å²) in [5, 5.41) is 26.3. The topological polar surface area (TPSA) is 77.7 Å². The lowest BCUT2D eigenvalue weighted by molar-refractivity contribution is 0.403. The summed E-state index contributed by atoms with van der Waals surface area (Å²) in [4.78, 5) is 4.65. The van der Waals surface area contributed by atoms with E-state index in [4.69, 9.17) is 0 Å². The maximum absolute atomic E-state index is 9.53. The second-order valence-electron chi connectivity index (χ2n) is 5.64. The molecule has 0 spiro atoms. The maximum atomic E-state index is 9.53. The molecule has 5 nitrogen and oxygen atoms in total. The summed E-state index contributed by atoms with van der Waals surface area (Å²) in [7, 11) is 0. The second kappa shape index (κ2) is 6.13. The van der Waals surface area contributed by atoms with Crippen LogP contribution in [0.5, 0.6) is 11.5 Å². The van der Waals surface area contributed by atoms with Gasteiger partial charge >= 0.3 is 0 Å². The van der Waals surface area contributed by atoms with Crippen LogP contribution < -0.4 is 5.43 Å². The molecule has 3 N–H and O–H groups in total. The first-order chi connectivity index (χ1) is 12.2. The van der Waals surface area contributed by atoms with Gasteiger partial charge in [0, 0.05) is 10.8 Å². The molecule has 0 aliphatic heterocycles. The molecule has 3 aromatic carbocycles. The van der Waals surface area contributed by atoms with Crippen molar-refractivity contribution in [1.29, 1.82) is 0 Å². The van der Waals surface area contributed by atoms with E-state index >= 15 is 0 Å². The van der Waals surface area contributed by atoms with Crippen molar-refractivity contribution in [2.24, 2.45) is 5.10 Å². The molecule has 0 atom stereocenters. The van der Waals surface area contributed by atoms with Crippen molar-refractivity contribution in [3.8, 4) is 11.5 Å². The maximum Gasteiger partial charge on any atom is 0.158 e. The molecule has 0 fully saturated rings. The van der Waals surface area contributed by atoms with E-state index in [1.54, 1.807) is 12.3 Å². The number of fused-ring (bicyclic) bond motifs is 3. The normalized spacial score (nSPS) is 11.4. The molecule has 25 heavy (non-hydrogen) atoms. The first-order valence-corrected chi connectivity index (χ1v) is 7.81. The smallest absolute Gasteiger partial charge is 0.158 e. The Hall–Kier alpha value is -3.60. The van der Waals surface area contributed by atoms with Crippen LogP contribution in [0.15, 0.2) is 71.8 Å². The fourth-order valence-electron chi connectivity index (χ4n) is 2.78. The number of anilines is 1. The molecule has 0 radical (unpaired) electrons. The summed E-state index contributed by atoms with van der Waals surface area (Å²) in [6.07, 6.45) is 1.56. The zero-order chi connectivity index (χ0) is 17.2. The number of hydrogen-bond acceptors (Lipinski definition) is 5. The van der Waals surface area contributed by atoms with Gasteiger partial charge in [-0.1, -0.05) is 42.5 Å². The lowest BCUT2D eigenvalue weighted by Gasteiger charge is -2.08. The molecule has 122 valence electrons. The lowest BCUT2D eigenvalue weighted by Crippen LogP contribution is -1.96. The minimum absolute atomic E-state index is 0.160. The number of hydrogen-bond donors (Lipinski definition) is 3. The summed E-state index contributed by atoms with van der Waals surface area (Å²) in [6, 6.07) is 20.5. The average molecular weight is 329 g/mol. The SMILES string of the molecule is Oc1ccc(C=NNc2nc3ccccc3c3ccccc23)cc1O. The molecule has 0 aliphatic rings. The van der Waals surface area contributed by atoms with Gasteiger partial charge in [-0.3, -0.25) is 5.43 Å². The van der Waals surface area contributed by atoms with Gasteiger partial charge in [0.15, 0.2) is 17.3 Å². The molecule has 0 amide bonds. The van der Waals surface area contributed by atoms with Gasteiger partial charge in [0.2, 0.25) is 0 Å². The van der Waals surface area contributed by atoms with E-state index in [1.165, 1.54) is 12.1 Å². The average Bonchev–Trinajstić information content (AvgIpc) is 2.65. The van der Waals surface area contributed by atoms with Gasteiger partial charge in [-0.2, -0.15) is 5.10 Å². The van der Waals surface area contributed by atoms with Crippen LogP contribution in [0.25, 0.3) is 21.7 Å². The van der Waals surface area contributed by atoms with Crippen LogP contribution in [-0.2, 0) is 0 Å². The minimum atomic E-state index is -0.182. The number of phenolic OH excluding ortho intramolecular Hbond substituents is 2. The van der Waals surface area contributed by atoms with Crippen molar-refractivity contribution < 1.29 is 10.2 Å². The van der Waals surface area contributed by atoms with Gasteiger partial charge in [-0.05, 0) is 35.2 Å². The summed E-state index contributed by atoms with van der Waals surface area (Å²) < 4.78 is 0. The van der Waals surface area contributed by atoms with Crippen LogP contribution in [0.3, 0.4) is 0 Å². The number of nitrogens with one attached hydrogen (secondary N) is 1. The Morgan fingerprint density at radius 1 is 0.800 bits per heavy atom. The highest BCUT2D eigenvalue weighted by atomic mass is 16.3. The second-order valence-corrected chi connectivity index (χ2v) is 5.64. The van der Waals surface area contributed by atoms with Crippen molar-refractivity contribution in [2.75, 3.05) is 5.43 Å². The van der Waals surface area contributed by atoms with Crippen molar-refractivity contribution in [1.82, 2.24) is 4.98 Å². The molecule has 0 unspecified atom stereocenters.